The summed E-state index contributed by atoms with van der Waals surface area (Å²) in [4.78, 5) is 16.0. The molecule has 84 valence electrons. The normalized spacial score (nSPS) is 10.4. The number of nitrogens with one attached hydrogen (secondary N) is 2. The number of nitrogens with zero attached hydrogens (tertiary/aromatic N) is 3. The summed E-state index contributed by atoms with van der Waals surface area (Å²) >= 11 is 3.48. The van der Waals surface area contributed by atoms with Gasteiger partial charge in [-0.15, -0.1) is 0 Å². The van der Waals surface area contributed by atoms with Gasteiger partial charge in [-0.2, -0.15) is 0 Å². The monoisotopic (exact) mass is 281 g/mol. The lowest BCUT2D eigenvalue weighted by Crippen LogP contribution is -2.03. The molecule has 2 N–H and O–H groups in total. The molecule has 0 amide bonds. The fourth-order valence-corrected chi connectivity index (χ4v) is 2.04. The van der Waals surface area contributed by atoms with Gasteiger partial charge in [-0.3, -0.25) is 0 Å². The minimum Gasteiger partial charge on any atom is -0.372 e. The summed E-state index contributed by atoms with van der Waals surface area (Å²) in [6.45, 7) is 2.05. The first-order valence-corrected chi connectivity index (χ1v) is 5.79. The van der Waals surface area contributed by atoms with E-state index in [0.29, 0.717) is 11.6 Å². The van der Waals surface area contributed by atoms with Crippen molar-refractivity contribution in [2.45, 2.75) is 13.3 Å². The number of aromatic nitrogens is 4. The molecular formula is C10H12BrN5. The van der Waals surface area contributed by atoms with Gasteiger partial charge in [0.15, 0.2) is 11.6 Å². The molecule has 2 heterocycles. The average Bonchev–Trinajstić information content (AvgIpc) is 2.83. The zero-order valence-corrected chi connectivity index (χ0v) is 10.7. The van der Waals surface area contributed by atoms with Gasteiger partial charge in [-0.05, 0) is 22.4 Å². The van der Waals surface area contributed by atoms with E-state index in [4.69, 9.17) is 0 Å². The van der Waals surface area contributed by atoms with Crippen LogP contribution >= 0.6 is 15.9 Å². The quantitative estimate of drug-likeness (QED) is 0.906. The maximum absolute atomic E-state index is 4.45. The Kier molecular flexibility index (Phi) is 3.19. The predicted octanol–water partition coefficient (Wildman–Crippen LogP) is 2.23. The Morgan fingerprint density at radius 2 is 2.25 bits per heavy atom. The Labute approximate surface area is 102 Å². The van der Waals surface area contributed by atoms with Crippen LogP contribution in [0.3, 0.4) is 0 Å². The van der Waals surface area contributed by atoms with Gasteiger partial charge in [0.1, 0.15) is 5.82 Å². The van der Waals surface area contributed by atoms with Crippen LogP contribution in [0.5, 0.6) is 0 Å². The Morgan fingerprint density at radius 1 is 1.44 bits per heavy atom. The third-order valence-corrected chi connectivity index (χ3v) is 3.03. The van der Waals surface area contributed by atoms with Crippen molar-refractivity contribution in [1.82, 2.24) is 19.9 Å². The molecule has 5 nitrogen and oxygen atoms in total. The minimum absolute atomic E-state index is 0.606. The SMILES string of the molecule is CCc1nc(-c2ncc[nH]2)nc(NC)c1Br. The van der Waals surface area contributed by atoms with Gasteiger partial charge >= 0.3 is 0 Å². The zero-order chi connectivity index (χ0) is 11.5. The Bertz CT molecular complexity index is 455. The van der Waals surface area contributed by atoms with Crippen LogP contribution in [-0.2, 0) is 6.42 Å². The summed E-state index contributed by atoms with van der Waals surface area (Å²) in [6.07, 6.45) is 4.28. The van der Waals surface area contributed by atoms with Crippen molar-refractivity contribution in [3.63, 3.8) is 0 Å². The van der Waals surface area contributed by atoms with E-state index in [-0.39, 0.29) is 0 Å². The summed E-state index contributed by atoms with van der Waals surface area (Å²) in [5, 5.41) is 3.03. The molecule has 0 unspecified atom stereocenters. The van der Waals surface area contributed by atoms with E-state index in [1.165, 1.54) is 0 Å². The standard InChI is InChI=1S/C10H12BrN5/c1-3-6-7(11)8(12-2)16-10(15-6)9-13-4-5-14-9/h4-5H,3H2,1-2H3,(H,13,14)(H,12,15,16). The molecule has 2 aromatic heterocycles. The predicted molar refractivity (Wildman–Crippen MR) is 66.2 cm³/mol. The lowest BCUT2D eigenvalue weighted by Gasteiger charge is -2.08. The van der Waals surface area contributed by atoms with Crippen LogP contribution in [0, 0.1) is 0 Å². The summed E-state index contributed by atoms with van der Waals surface area (Å²) in [7, 11) is 1.83. The lowest BCUT2D eigenvalue weighted by atomic mass is 10.3. The van der Waals surface area contributed by atoms with E-state index in [2.05, 4.69) is 48.1 Å². The van der Waals surface area contributed by atoms with Crippen LogP contribution in [0.1, 0.15) is 12.6 Å². The molecule has 0 aliphatic carbocycles. The highest BCUT2D eigenvalue weighted by molar-refractivity contribution is 9.10. The van der Waals surface area contributed by atoms with E-state index in [0.717, 1.165) is 22.4 Å². The second-order valence-electron chi connectivity index (χ2n) is 3.20. The molecule has 2 rings (SSSR count). The van der Waals surface area contributed by atoms with Gasteiger partial charge in [-0.1, -0.05) is 6.92 Å². The molecule has 6 heteroatoms. The Hall–Kier alpha value is -1.43. The largest absolute Gasteiger partial charge is 0.372 e. The number of imidazole rings is 1. The van der Waals surface area contributed by atoms with Crippen LogP contribution in [0.2, 0.25) is 0 Å². The Balaban J connectivity index is 2.56. The summed E-state index contributed by atoms with van der Waals surface area (Å²) < 4.78 is 0.910. The molecule has 0 fully saturated rings. The smallest absolute Gasteiger partial charge is 0.197 e. The van der Waals surface area contributed by atoms with E-state index in [1.807, 2.05) is 7.05 Å². The van der Waals surface area contributed by atoms with Crippen molar-refractivity contribution in [2.75, 3.05) is 12.4 Å². The molecule has 0 aliphatic heterocycles. The van der Waals surface area contributed by atoms with E-state index < -0.39 is 0 Å². The van der Waals surface area contributed by atoms with Crippen molar-refractivity contribution >= 4 is 21.7 Å². The molecule has 0 saturated heterocycles. The third-order valence-electron chi connectivity index (χ3n) is 2.20. The second kappa shape index (κ2) is 4.61. The molecular weight excluding hydrogens is 270 g/mol. The first kappa shape index (κ1) is 11.1. The fourth-order valence-electron chi connectivity index (χ4n) is 1.39. The third kappa shape index (κ3) is 1.92. The number of aryl methyl sites for hydroxylation is 1. The van der Waals surface area contributed by atoms with Crippen molar-refractivity contribution < 1.29 is 0 Å². The van der Waals surface area contributed by atoms with Gasteiger partial charge in [0, 0.05) is 19.4 Å². The molecule has 0 atom stereocenters. The number of hydrogen-bond donors (Lipinski definition) is 2. The first-order chi connectivity index (χ1) is 7.76. The maximum Gasteiger partial charge on any atom is 0.197 e. The maximum atomic E-state index is 4.45. The van der Waals surface area contributed by atoms with E-state index in [1.54, 1.807) is 12.4 Å². The minimum atomic E-state index is 0.606. The topological polar surface area (TPSA) is 66.5 Å². The van der Waals surface area contributed by atoms with Crippen molar-refractivity contribution in [3.8, 4) is 11.6 Å². The molecule has 0 radical (unpaired) electrons. The van der Waals surface area contributed by atoms with Gasteiger partial charge in [0.25, 0.3) is 0 Å². The first-order valence-electron chi connectivity index (χ1n) is 5.00. The number of H-pyrrole nitrogens is 1. The number of aromatic amines is 1. The van der Waals surface area contributed by atoms with Crippen LogP contribution < -0.4 is 5.32 Å². The van der Waals surface area contributed by atoms with Crippen molar-refractivity contribution in [2.24, 2.45) is 0 Å². The molecule has 0 bridgehead atoms. The fraction of sp³-hybridized carbons (Fsp3) is 0.300. The summed E-state index contributed by atoms with van der Waals surface area (Å²) in [5.41, 5.74) is 0.964. The van der Waals surface area contributed by atoms with Crippen molar-refractivity contribution in [3.05, 3.63) is 22.6 Å². The van der Waals surface area contributed by atoms with Gasteiger partial charge < -0.3 is 10.3 Å². The van der Waals surface area contributed by atoms with Gasteiger partial charge in [0.05, 0.1) is 10.2 Å². The molecule has 2 aromatic rings. The van der Waals surface area contributed by atoms with E-state index >= 15 is 0 Å². The molecule has 0 saturated carbocycles. The van der Waals surface area contributed by atoms with Crippen LogP contribution in [-0.4, -0.2) is 27.0 Å². The number of rotatable bonds is 3. The van der Waals surface area contributed by atoms with E-state index in [9.17, 15) is 0 Å². The molecule has 0 spiro atoms. The summed E-state index contributed by atoms with van der Waals surface area (Å²) in [5.74, 6) is 2.06. The van der Waals surface area contributed by atoms with Crippen molar-refractivity contribution in [1.29, 1.82) is 0 Å². The van der Waals surface area contributed by atoms with Crippen LogP contribution in [0.4, 0.5) is 5.82 Å². The van der Waals surface area contributed by atoms with Crippen LogP contribution in [0.15, 0.2) is 16.9 Å². The number of halogens is 1. The summed E-state index contributed by atoms with van der Waals surface area (Å²) in [6, 6.07) is 0. The number of hydrogen-bond acceptors (Lipinski definition) is 4. The lowest BCUT2D eigenvalue weighted by molar-refractivity contribution is 0.980. The molecule has 16 heavy (non-hydrogen) atoms. The van der Waals surface area contributed by atoms with Gasteiger partial charge in [-0.25, -0.2) is 15.0 Å². The highest BCUT2D eigenvalue weighted by atomic mass is 79.9. The Morgan fingerprint density at radius 3 is 2.81 bits per heavy atom. The molecule has 0 aromatic carbocycles. The van der Waals surface area contributed by atoms with Gasteiger partial charge in [0.2, 0.25) is 0 Å². The average molecular weight is 282 g/mol. The van der Waals surface area contributed by atoms with Crippen LogP contribution in [0.25, 0.3) is 11.6 Å². The number of anilines is 1. The highest BCUT2D eigenvalue weighted by Crippen LogP contribution is 2.25. The zero-order valence-electron chi connectivity index (χ0n) is 9.08. The molecule has 0 aliphatic rings. The second-order valence-corrected chi connectivity index (χ2v) is 3.99. The highest BCUT2D eigenvalue weighted by Gasteiger charge is 2.12.